The van der Waals surface area contributed by atoms with Gasteiger partial charge in [0.25, 0.3) is 0 Å². The monoisotopic (exact) mass is 323 g/mol. The van der Waals surface area contributed by atoms with Crippen LogP contribution in [0.25, 0.3) is 0 Å². The molecular formula is C20H21NO3. The Labute approximate surface area is 142 Å². The molecule has 0 aliphatic rings. The minimum Gasteiger partial charge on any atom is -0.493 e. The molecule has 1 N–H and O–H groups in total. The highest BCUT2D eigenvalue weighted by molar-refractivity contribution is 5.76. The molecule has 24 heavy (non-hydrogen) atoms. The van der Waals surface area contributed by atoms with E-state index in [1.165, 1.54) is 0 Å². The van der Waals surface area contributed by atoms with E-state index < -0.39 is 0 Å². The molecule has 0 fully saturated rings. The summed E-state index contributed by atoms with van der Waals surface area (Å²) in [6.07, 6.45) is 1.04. The predicted octanol–water partition coefficient (Wildman–Crippen LogP) is 2.80. The number of carbonyl (C=O) groups is 1. The van der Waals surface area contributed by atoms with Gasteiger partial charge in [-0.05, 0) is 36.2 Å². The molecule has 0 atom stereocenters. The highest BCUT2D eigenvalue weighted by atomic mass is 16.5. The quantitative estimate of drug-likeness (QED) is 0.832. The first-order valence-corrected chi connectivity index (χ1v) is 7.74. The van der Waals surface area contributed by atoms with Gasteiger partial charge in [0.1, 0.15) is 0 Å². The van der Waals surface area contributed by atoms with Gasteiger partial charge in [-0.2, -0.15) is 0 Å². The lowest BCUT2D eigenvalue weighted by Crippen LogP contribution is -2.23. The van der Waals surface area contributed by atoms with Crippen molar-refractivity contribution < 1.29 is 14.3 Å². The molecule has 2 aromatic carbocycles. The molecule has 0 bridgehead atoms. The Hall–Kier alpha value is -2.93. The van der Waals surface area contributed by atoms with E-state index in [0.29, 0.717) is 30.9 Å². The second-order valence-electron chi connectivity index (χ2n) is 5.13. The topological polar surface area (TPSA) is 47.6 Å². The Kier molecular flexibility index (Phi) is 6.73. The fourth-order valence-corrected chi connectivity index (χ4v) is 2.19. The minimum absolute atomic E-state index is 0.0212. The van der Waals surface area contributed by atoms with Crippen molar-refractivity contribution in [2.24, 2.45) is 0 Å². The Morgan fingerprint density at radius 3 is 2.50 bits per heavy atom. The third kappa shape index (κ3) is 5.36. The average Bonchev–Trinajstić information content (AvgIpc) is 2.64. The van der Waals surface area contributed by atoms with Crippen LogP contribution in [0.2, 0.25) is 0 Å². The lowest BCUT2D eigenvalue weighted by molar-refractivity contribution is -0.120. The van der Waals surface area contributed by atoms with Gasteiger partial charge < -0.3 is 14.8 Å². The number of ether oxygens (including phenoxy) is 2. The first-order chi connectivity index (χ1) is 11.7. The number of aryl methyl sites for hydroxylation is 1. The van der Waals surface area contributed by atoms with Crippen LogP contribution in [0.3, 0.4) is 0 Å². The fourth-order valence-electron chi connectivity index (χ4n) is 2.19. The van der Waals surface area contributed by atoms with Crippen LogP contribution in [0.15, 0.2) is 48.5 Å². The zero-order valence-corrected chi connectivity index (χ0v) is 14.0. The molecular weight excluding hydrogens is 302 g/mol. The van der Waals surface area contributed by atoms with Gasteiger partial charge in [0.15, 0.2) is 11.5 Å². The van der Waals surface area contributed by atoms with Crippen molar-refractivity contribution >= 4 is 5.91 Å². The van der Waals surface area contributed by atoms with Crippen molar-refractivity contribution in [2.45, 2.75) is 12.8 Å². The lowest BCUT2D eigenvalue weighted by Gasteiger charge is -2.09. The van der Waals surface area contributed by atoms with Crippen LogP contribution in [0, 0.1) is 11.8 Å². The highest BCUT2D eigenvalue weighted by Crippen LogP contribution is 2.27. The summed E-state index contributed by atoms with van der Waals surface area (Å²) in [6.45, 7) is 0.347. The number of amides is 1. The first kappa shape index (κ1) is 17.4. The maximum absolute atomic E-state index is 11.9. The number of hydrogen-bond donors (Lipinski definition) is 1. The maximum Gasteiger partial charge on any atom is 0.221 e. The normalized spacial score (nSPS) is 9.58. The fraction of sp³-hybridized carbons (Fsp3) is 0.250. The van der Waals surface area contributed by atoms with E-state index in [9.17, 15) is 4.79 Å². The summed E-state index contributed by atoms with van der Waals surface area (Å²) < 4.78 is 10.5. The molecule has 0 aliphatic carbocycles. The molecule has 0 saturated carbocycles. The van der Waals surface area contributed by atoms with E-state index in [4.69, 9.17) is 9.47 Å². The van der Waals surface area contributed by atoms with Gasteiger partial charge in [0, 0.05) is 12.0 Å². The Morgan fingerprint density at radius 1 is 1.04 bits per heavy atom. The number of hydrogen-bond acceptors (Lipinski definition) is 3. The van der Waals surface area contributed by atoms with E-state index in [0.717, 1.165) is 11.1 Å². The minimum atomic E-state index is -0.0212. The number of rotatable bonds is 6. The van der Waals surface area contributed by atoms with Crippen molar-refractivity contribution in [1.82, 2.24) is 5.32 Å². The van der Waals surface area contributed by atoms with Crippen molar-refractivity contribution in [3.05, 3.63) is 59.7 Å². The molecule has 0 unspecified atom stereocenters. The number of nitrogens with one attached hydrogen (secondary N) is 1. The van der Waals surface area contributed by atoms with Gasteiger partial charge in [-0.15, -0.1) is 0 Å². The van der Waals surface area contributed by atoms with Crippen molar-refractivity contribution in [3.63, 3.8) is 0 Å². The average molecular weight is 323 g/mol. The van der Waals surface area contributed by atoms with E-state index >= 15 is 0 Å². The third-order valence-corrected chi connectivity index (χ3v) is 3.47. The van der Waals surface area contributed by atoms with Crippen LogP contribution in [0.5, 0.6) is 11.5 Å². The Bertz CT molecular complexity index is 730. The second kappa shape index (κ2) is 9.26. The number of methoxy groups -OCH3 is 2. The summed E-state index contributed by atoms with van der Waals surface area (Å²) in [5, 5.41) is 2.81. The maximum atomic E-state index is 11.9. The van der Waals surface area contributed by atoms with Crippen LogP contribution < -0.4 is 14.8 Å². The summed E-state index contributed by atoms with van der Waals surface area (Å²) in [4.78, 5) is 11.9. The van der Waals surface area contributed by atoms with Gasteiger partial charge in [0.2, 0.25) is 5.91 Å². The largest absolute Gasteiger partial charge is 0.493 e. The molecule has 4 heteroatoms. The Morgan fingerprint density at radius 2 is 1.79 bits per heavy atom. The van der Waals surface area contributed by atoms with E-state index in [-0.39, 0.29) is 5.91 Å². The van der Waals surface area contributed by atoms with Crippen LogP contribution in [-0.2, 0) is 11.2 Å². The van der Waals surface area contributed by atoms with Gasteiger partial charge in [-0.1, -0.05) is 36.1 Å². The predicted molar refractivity (Wildman–Crippen MR) is 94.2 cm³/mol. The smallest absolute Gasteiger partial charge is 0.221 e. The van der Waals surface area contributed by atoms with Gasteiger partial charge in [-0.25, -0.2) is 0 Å². The van der Waals surface area contributed by atoms with Crippen molar-refractivity contribution in [3.8, 4) is 23.3 Å². The SMILES string of the molecule is COc1ccc(CCC(=O)NCC#Cc2ccccc2)cc1OC. The summed E-state index contributed by atoms with van der Waals surface area (Å²) in [6, 6.07) is 15.4. The van der Waals surface area contributed by atoms with Crippen LogP contribution in [-0.4, -0.2) is 26.7 Å². The van der Waals surface area contributed by atoms with Crippen LogP contribution in [0.4, 0.5) is 0 Å². The molecule has 4 nitrogen and oxygen atoms in total. The molecule has 2 rings (SSSR count). The third-order valence-electron chi connectivity index (χ3n) is 3.47. The van der Waals surface area contributed by atoms with Crippen LogP contribution >= 0.6 is 0 Å². The summed E-state index contributed by atoms with van der Waals surface area (Å²) in [7, 11) is 3.20. The molecule has 0 saturated heterocycles. The Balaban J connectivity index is 1.78. The van der Waals surface area contributed by atoms with E-state index in [2.05, 4.69) is 17.2 Å². The summed E-state index contributed by atoms with van der Waals surface area (Å²) >= 11 is 0. The van der Waals surface area contributed by atoms with Crippen molar-refractivity contribution in [1.29, 1.82) is 0 Å². The van der Waals surface area contributed by atoms with Gasteiger partial charge in [-0.3, -0.25) is 4.79 Å². The second-order valence-corrected chi connectivity index (χ2v) is 5.13. The number of benzene rings is 2. The zero-order valence-electron chi connectivity index (χ0n) is 14.0. The summed E-state index contributed by atoms with van der Waals surface area (Å²) in [5.41, 5.74) is 1.97. The zero-order chi connectivity index (χ0) is 17.2. The van der Waals surface area contributed by atoms with Gasteiger partial charge in [0.05, 0.1) is 20.8 Å². The molecule has 0 spiro atoms. The highest BCUT2D eigenvalue weighted by Gasteiger charge is 2.06. The molecule has 0 aliphatic heterocycles. The standard InChI is InChI=1S/C20H21NO3/c1-23-18-12-10-17(15-19(18)24-2)11-13-20(22)21-14-6-9-16-7-4-3-5-8-16/h3-5,7-8,10,12,15H,11,13-14H2,1-2H3,(H,21,22). The molecule has 0 aromatic heterocycles. The van der Waals surface area contributed by atoms with Crippen LogP contribution in [0.1, 0.15) is 17.5 Å². The van der Waals surface area contributed by atoms with E-state index in [1.807, 2.05) is 48.5 Å². The van der Waals surface area contributed by atoms with Gasteiger partial charge >= 0.3 is 0 Å². The van der Waals surface area contributed by atoms with Crippen molar-refractivity contribution in [2.75, 3.05) is 20.8 Å². The molecule has 2 aromatic rings. The molecule has 1 amide bonds. The first-order valence-electron chi connectivity index (χ1n) is 7.74. The molecule has 124 valence electrons. The molecule has 0 radical (unpaired) electrons. The lowest BCUT2D eigenvalue weighted by atomic mass is 10.1. The molecule has 0 heterocycles. The van der Waals surface area contributed by atoms with E-state index in [1.54, 1.807) is 14.2 Å². The summed E-state index contributed by atoms with van der Waals surface area (Å²) in [5.74, 6) is 7.28. The number of carbonyl (C=O) groups excluding carboxylic acids is 1.